The third kappa shape index (κ3) is 4.56. The number of benzene rings is 1. The van der Waals surface area contributed by atoms with Crippen molar-refractivity contribution in [3.05, 3.63) is 35.9 Å². The van der Waals surface area contributed by atoms with Crippen molar-refractivity contribution in [3.8, 4) is 0 Å². The molecule has 5 nitrogen and oxygen atoms in total. The van der Waals surface area contributed by atoms with Crippen LogP contribution < -0.4 is 5.32 Å². The number of hydrogen-bond donors (Lipinski definition) is 1. The molecule has 2 atom stereocenters. The van der Waals surface area contributed by atoms with E-state index in [-0.39, 0.29) is 11.8 Å². The second kappa shape index (κ2) is 7.78. The number of ether oxygens (including phenoxy) is 2. The summed E-state index contributed by atoms with van der Waals surface area (Å²) in [5.74, 6) is -0.692. The number of esters is 1. The number of aryl methyl sites for hydroxylation is 1. The van der Waals surface area contributed by atoms with Gasteiger partial charge in [-0.3, -0.25) is 4.79 Å². The Morgan fingerprint density at radius 2 is 2.14 bits per heavy atom. The van der Waals surface area contributed by atoms with Crippen molar-refractivity contribution in [1.82, 2.24) is 5.32 Å². The number of rotatable bonds is 6. The van der Waals surface area contributed by atoms with Crippen LogP contribution in [-0.4, -0.2) is 38.2 Å². The molecule has 1 aliphatic rings. The molecule has 1 aromatic carbocycles. The monoisotopic (exact) mass is 291 g/mol. The molecule has 1 fully saturated rings. The van der Waals surface area contributed by atoms with Gasteiger partial charge < -0.3 is 14.8 Å². The number of amides is 1. The summed E-state index contributed by atoms with van der Waals surface area (Å²) in [5, 5.41) is 2.79. The van der Waals surface area contributed by atoms with E-state index >= 15 is 0 Å². The fourth-order valence-electron chi connectivity index (χ4n) is 2.38. The van der Waals surface area contributed by atoms with Gasteiger partial charge in [-0.15, -0.1) is 0 Å². The quantitative estimate of drug-likeness (QED) is 0.803. The van der Waals surface area contributed by atoms with Crippen molar-refractivity contribution in [2.75, 3.05) is 20.3 Å². The lowest BCUT2D eigenvalue weighted by molar-refractivity contribution is -0.145. The van der Waals surface area contributed by atoms with Crippen molar-refractivity contribution < 1.29 is 19.1 Å². The van der Waals surface area contributed by atoms with E-state index in [4.69, 9.17) is 9.47 Å². The highest BCUT2D eigenvalue weighted by Crippen LogP contribution is 2.13. The Kier molecular flexibility index (Phi) is 5.75. The van der Waals surface area contributed by atoms with Gasteiger partial charge in [0, 0.05) is 6.61 Å². The molecule has 0 unspecified atom stereocenters. The van der Waals surface area contributed by atoms with Crippen molar-refractivity contribution in [3.63, 3.8) is 0 Å². The average Bonchev–Trinajstić information content (AvgIpc) is 3.06. The maximum absolute atomic E-state index is 12.1. The van der Waals surface area contributed by atoms with Gasteiger partial charge in [0.05, 0.1) is 19.6 Å². The molecule has 1 heterocycles. The number of nitrogens with one attached hydrogen (secondary N) is 1. The van der Waals surface area contributed by atoms with Crippen LogP contribution >= 0.6 is 0 Å². The van der Waals surface area contributed by atoms with Crippen LogP contribution in [0.1, 0.15) is 18.4 Å². The van der Waals surface area contributed by atoms with E-state index in [1.165, 1.54) is 7.11 Å². The molecule has 0 radical (unpaired) electrons. The van der Waals surface area contributed by atoms with Gasteiger partial charge in [-0.1, -0.05) is 30.3 Å². The van der Waals surface area contributed by atoms with Crippen LogP contribution in [0.4, 0.5) is 0 Å². The SMILES string of the molecule is COC(=O)[C@@H](CCc1ccccc1)NC(=O)[C@@H]1CCOC1. The highest BCUT2D eigenvalue weighted by Gasteiger charge is 2.28. The molecule has 0 aliphatic carbocycles. The Morgan fingerprint density at radius 1 is 1.38 bits per heavy atom. The summed E-state index contributed by atoms with van der Waals surface area (Å²) in [6, 6.07) is 9.25. The standard InChI is InChI=1S/C16H21NO4/c1-20-16(19)14(8-7-12-5-3-2-4-6-12)17-15(18)13-9-10-21-11-13/h2-6,13-14H,7-11H2,1H3,(H,17,18)/t13-,14-/m1/s1. The largest absolute Gasteiger partial charge is 0.467 e. The highest BCUT2D eigenvalue weighted by molar-refractivity contribution is 5.85. The Bertz CT molecular complexity index is 468. The lowest BCUT2D eigenvalue weighted by Crippen LogP contribution is -2.44. The van der Waals surface area contributed by atoms with Gasteiger partial charge >= 0.3 is 5.97 Å². The Labute approximate surface area is 124 Å². The summed E-state index contributed by atoms with van der Waals surface area (Å²) in [7, 11) is 1.34. The summed E-state index contributed by atoms with van der Waals surface area (Å²) in [5.41, 5.74) is 1.13. The maximum Gasteiger partial charge on any atom is 0.328 e. The van der Waals surface area contributed by atoms with Crippen molar-refractivity contribution in [1.29, 1.82) is 0 Å². The highest BCUT2D eigenvalue weighted by atomic mass is 16.5. The van der Waals surface area contributed by atoms with Gasteiger partial charge in [0.25, 0.3) is 0 Å². The third-order valence-electron chi connectivity index (χ3n) is 3.67. The van der Waals surface area contributed by atoms with Crippen LogP contribution in [-0.2, 0) is 25.5 Å². The van der Waals surface area contributed by atoms with E-state index in [0.29, 0.717) is 32.5 Å². The molecule has 2 rings (SSSR count). The van der Waals surface area contributed by atoms with Gasteiger partial charge in [0.2, 0.25) is 5.91 Å². The second-order valence-electron chi connectivity index (χ2n) is 5.17. The Hall–Kier alpha value is -1.88. The second-order valence-corrected chi connectivity index (χ2v) is 5.17. The van der Waals surface area contributed by atoms with Crippen LogP contribution in [0.2, 0.25) is 0 Å². The summed E-state index contributed by atoms with van der Waals surface area (Å²) < 4.78 is 9.98. The molecule has 1 N–H and O–H groups in total. The summed E-state index contributed by atoms with van der Waals surface area (Å²) in [6.07, 6.45) is 1.94. The first kappa shape index (κ1) is 15.5. The predicted octanol–water partition coefficient (Wildman–Crippen LogP) is 1.31. The van der Waals surface area contributed by atoms with Gasteiger partial charge in [0.1, 0.15) is 6.04 Å². The minimum Gasteiger partial charge on any atom is -0.467 e. The normalized spacial score (nSPS) is 19.0. The fraction of sp³-hybridized carbons (Fsp3) is 0.500. The Balaban J connectivity index is 1.91. The van der Waals surface area contributed by atoms with Gasteiger partial charge in [-0.05, 0) is 24.8 Å². The van der Waals surface area contributed by atoms with Gasteiger partial charge in [0.15, 0.2) is 0 Å². The van der Waals surface area contributed by atoms with Crippen LogP contribution in [0.15, 0.2) is 30.3 Å². The zero-order chi connectivity index (χ0) is 15.1. The van der Waals surface area contributed by atoms with Gasteiger partial charge in [-0.2, -0.15) is 0 Å². The van der Waals surface area contributed by atoms with E-state index in [0.717, 1.165) is 5.56 Å². The van der Waals surface area contributed by atoms with Crippen LogP contribution in [0.25, 0.3) is 0 Å². The Morgan fingerprint density at radius 3 is 2.76 bits per heavy atom. The van der Waals surface area contributed by atoms with E-state index in [9.17, 15) is 9.59 Å². The van der Waals surface area contributed by atoms with Crippen LogP contribution in [0.5, 0.6) is 0 Å². The molecule has 1 amide bonds. The molecule has 0 spiro atoms. The maximum atomic E-state index is 12.1. The number of hydrogen-bond acceptors (Lipinski definition) is 4. The lowest BCUT2D eigenvalue weighted by Gasteiger charge is -2.18. The molecule has 5 heteroatoms. The lowest BCUT2D eigenvalue weighted by atomic mass is 10.0. The van der Waals surface area contributed by atoms with E-state index in [1.54, 1.807) is 0 Å². The van der Waals surface area contributed by atoms with Crippen molar-refractivity contribution >= 4 is 11.9 Å². The first-order valence-corrected chi connectivity index (χ1v) is 7.20. The summed E-state index contributed by atoms with van der Waals surface area (Å²) in [4.78, 5) is 23.9. The fourth-order valence-corrected chi connectivity index (χ4v) is 2.38. The molecule has 1 saturated heterocycles. The van der Waals surface area contributed by atoms with E-state index in [1.807, 2.05) is 30.3 Å². The van der Waals surface area contributed by atoms with E-state index in [2.05, 4.69) is 5.32 Å². The predicted molar refractivity (Wildman–Crippen MR) is 77.6 cm³/mol. The molecule has 21 heavy (non-hydrogen) atoms. The zero-order valence-electron chi connectivity index (χ0n) is 12.2. The van der Waals surface area contributed by atoms with E-state index < -0.39 is 12.0 Å². The molecule has 1 aliphatic heterocycles. The topological polar surface area (TPSA) is 64.6 Å². The molecular weight excluding hydrogens is 270 g/mol. The first-order valence-electron chi connectivity index (χ1n) is 7.20. The number of methoxy groups -OCH3 is 1. The summed E-state index contributed by atoms with van der Waals surface area (Å²) in [6.45, 7) is 1.03. The average molecular weight is 291 g/mol. The third-order valence-corrected chi connectivity index (χ3v) is 3.67. The molecule has 1 aromatic rings. The van der Waals surface area contributed by atoms with Crippen LogP contribution in [0, 0.1) is 5.92 Å². The molecule has 114 valence electrons. The number of carbonyl (C=O) groups excluding carboxylic acids is 2. The van der Waals surface area contributed by atoms with Gasteiger partial charge in [-0.25, -0.2) is 4.79 Å². The first-order chi connectivity index (χ1) is 10.2. The molecular formula is C16H21NO4. The molecule has 0 bridgehead atoms. The van der Waals surface area contributed by atoms with Crippen molar-refractivity contribution in [2.45, 2.75) is 25.3 Å². The van der Waals surface area contributed by atoms with Crippen molar-refractivity contribution in [2.24, 2.45) is 5.92 Å². The minimum atomic E-state index is -0.608. The zero-order valence-corrected chi connectivity index (χ0v) is 12.2. The van der Waals surface area contributed by atoms with Crippen LogP contribution in [0.3, 0.4) is 0 Å². The number of carbonyl (C=O) groups is 2. The molecule has 0 aromatic heterocycles. The summed E-state index contributed by atoms with van der Waals surface area (Å²) >= 11 is 0. The minimum absolute atomic E-state index is 0.129. The smallest absolute Gasteiger partial charge is 0.328 e. The molecule has 0 saturated carbocycles.